The standard InChI is InChI=1S/C35H20N4/c1-2-10-22-18-32-26(17-21(22)9-1)27-19-23(37-29-14-6-3-11-24(29)25-12-4-7-15-30(25)37)20-33-34(27)39(32)35-36-28-13-5-8-16-31(28)38(33)35/h1-20H. The zero-order chi connectivity index (χ0) is 25.2. The average molecular weight is 497 g/mol. The summed E-state index contributed by atoms with van der Waals surface area (Å²) in [4.78, 5) is 5.15. The molecule has 6 aromatic carbocycles. The average Bonchev–Trinajstić information content (AvgIpc) is 3.70. The number of rotatable bonds is 1. The smallest absolute Gasteiger partial charge is 0.220 e. The fourth-order valence-corrected chi connectivity index (χ4v) is 6.90. The highest BCUT2D eigenvalue weighted by Crippen LogP contribution is 2.41. The molecule has 0 aliphatic heterocycles. The van der Waals surface area contributed by atoms with Crippen molar-refractivity contribution in [1.29, 1.82) is 0 Å². The van der Waals surface area contributed by atoms with Crippen LogP contribution in [0, 0.1) is 0 Å². The SMILES string of the molecule is c1ccc2cc3c(cc2c1)c1cc(-n2c4ccccc4c4ccccc42)cc2c1n3c1nc3ccccc3n21. The maximum Gasteiger partial charge on any atom is 0.220 e. The molecule has 0 amide bonds. The summed E-state index contributed by atoms with van der Waals surface area (Å²) in [5, 5.41) is 7.54. The Morgan fingerprint density at radius 1 is 0.436 bits per heavy atom. The van der Waals surface area contributed by atoms with E-state index in [0.29, 0.717) is 0 Å². The second kappa shape index (κ2) is 6.74. The van der Waals surface area contributed by atoms with Crippen molar-refractivity contribution in [3.05, 3.63) is 121 Å². The van der Waals surface area contributed by atoms with Crippen LogP contribution in [0.4, 0.5) is 0 Å². The molecule has 180 valence electrons. The lowest BCUT2D eigenvalue weighted by Crippen LogP contribution is -1.94. The number of hydrogen-bond acceptors (Lipinski definition) is 1. The van der Waals surface area contributed by atoms with E-state index in [4.69, 9.17) is 4.98 Å². The maximum atomic E-state index is 5.15. The monoisotopic (exact) mass is 496 g/mol. The van der Waals surface area contributed by atoms with E-state index in [1.165, 1.54) is 59.9 Å². The molecule has 0 fully saturated rings. The van der Waals surface area contributed by atoms with Crippen molar-refractivity contribution in [2.24, 2.45) is 0 Å². The minimum absolute atomic E-state index is 0.959. The molecular formula is C35H20N4. The second-order valence-corrected chi connectivity index (χ2v) is 10.5. The number of aromatic nitrogens is 4. The van der Waals surface area contributed by atoms with Gasteiger partial charge >= 0.3 is 0 Å². The van der Waals surface area contributed by atoms with E-state index in [1.54, 1.807) is 0 Å². The maximum absolute atomic E-state index is 5.15. The Hall–Kier alpha value is -5.35. The first kappa shape index (κ1) is 19.7. The molecule has 4 nitrogen and oxygen atoms in total. The topological polar surface area (TPSA) is 26.6 Å². The molecule has 0 saturated carbocycles. The molecule has 4 aromatic heterocycles. The Balaban J connectivity index is 1.48. The van der Waals surface area contributed by atoms with Crippen LogP contribution in [0.1, 0.15) is 0 Å². The number of benzene rings is 6. The highest BCUT2D eigenvalue weighted by atomic mass is 15.2. The third kappa shape index (κ3) is 2.33. The van der Waals surface area contributed by atoms with Crippen LogP contribution < -0.4 is 0 Å². The number of para-hydroxylation sites is 4. The normalized spacial score (nSPS) is 12.6. The lowest BCUT2D eigenvalue weighted by molar-refractivity contribution is 1.18. The summed E-state index contributed by atoms with van der Waals surface area (Å²) >= 11 is 0. The predicted octanol–water partition coefficient (Wildman–Crippen LogP) is 8.73. The lowest BCUT2D eigenvalue weighted by Gasteiger charge is -2.09. The van der Waals surface area contributed by atoms with Gasteiger partial charge in [0, 0.05) is 27.2 Å². The fraction of sp³-hybridized carbons (Fsp3) is 0. The second-order valence-electron chi connectivity index (χ2n) is 10.5. The summed E-state index contributed by atoms with van der Waals surface area (Å²) < 4.78 is 7.12. The summed E-state index contributed by atoms with van der Waals surface area (Å²) in [7, 11) is 0. The van der Waals surface area contributed by atoms with Gasteiger partial charge in [-0.1, -0.05) is 72.8 Å². The van der Waals surface area contributed by atoms with Gasteiger partial charge in [-0.2, -0.15) is 0 Å². The summed E-state index contributed by atoms with van der Waals surface area (Å²) in [5.41, 5.74) is 9.32. The van der Waals surface area contributed by atoms with Gasteiger partial charge in [0.2, 0.25) is 5.78 Å². The Kier molecular flexibility index (Phi) is 3.41. The molecule has 0 radical (unpaired) electrons. The van der Waals surface area contributed by atoms with Gasteiger partial charge in [-0.3, -0.25) is 8.80 Å². The van der Waals surface area contributed by atoms with Gasteiger partial charge in [0.15, 0.2) is 0 Å². The van der Waals surface area contributed by atoms with E-state index in [-0.39, 0.29) is 0 Å². The van der Waals surface area contributed by atoms with Crippen LogP contribution in [0.3, 0.4) is 0 Å². The van der Waals surface area contributed by atoms with Gasteiger partial charge in [0.1, 0.15) is 0 Å². The van der Waals surface area contributed by atoms with E-state index in [2.05, 4.69) is 135 Å². The summed E-state index contributed by atoms with van der Waals surface area (Å²) in [6.07, 6.45) is 0. The van der Waals surface area contributed by atoms with Crippen LogP contribution in [0.15, 0.2) is 121 Å². The molecule has 0 N–H and O–H groups in total. The molecule has 0 aliphatic rings. The van der Waals surface area contributed by atoms with Crippen molar-refractivity contribution in [2.45, 2.75) is 0 Å². The number of fused-ring (bicyclic) bond motifs is 12. The van der Waals surface area contributed by atoms with Crippen LogP contribution in [-0.4, -0.2) is 18.4 Å². The van der Waals surface area contributed by atoms with Crippen LogP contribution >= 0.6 is 0 Å². The third-order valence-electron chi connectivity index (χ3n) is 8.52. The van der Waals surface area contributed by atoms with Crippen LogP contribution in [0.5, 0.6) is 0 Å². The van der Waals surface area contributed by atoms with Gasteiger partial charge in [0.05, 0.1) is 38.6 Å². The highest BCUT2D eigenvalue weighted by molar-refractivity contribution is 6.19. The predicted molar refractivity (Wildman–Crippen MR) is 162 cm³/mol. The molecule has 0 aliphatic carbocycles. The first-order chi connectivity index (χ1) is 19.3. The van der Waals surface area contributed by atoms with Crippen LogP contribution in [0.2, 0.25) is 0 Å². The number of hydrogen-bond donors (Lipinski definition) is 0. The van der Waals surface area contributed by atoms with Crippen molar-refractivity contribution < 1.29 is 0 Å². The van der Waals surface area contributed by atoms with E-state index in [9.17, 15) is 0 Å². The van der Waals surface area contributed by atoms with Crippen molar-refractivity contribution in [1.82, 2.24) is 18.4 Å². The molecular weight excluding hydrogens is 476 g/mol. The fourth-order valence-electron chi connectivity index (χ4n) is 6.90. The molecule has 0 atom stereocenters. The van der Waals surface area contributed by atoms with Crippen molar-refractivity contribution in [3.8, 4) is 5.69 Å². The molecule has 10 aromatic rings. The van der Waals surface area contributed by atoms with Gasteiger partial charge in [-0.25, -0.2) is 4.98 Å². The van der Waals surface area contributed by atoms with Crippen molar-refractivity contribution >= 4 is 76.7 Å². The van der Waals surface area contributed by atoms with Gasteiger partial charge in [-0.15, -0.1) is 0 Å². The highest BCUT2D eigenvalue weighted by Gasteiger charge is 2.23. The summed E-state index contributed by atoms with van der Waals surface area (Å²) in [5.74, 6) is 0.959. The minimum atomic E-state index is 0.959. The summed E-state index contributed by atoms with van der Waals surface area (Å²) in [6, 6.07) is 43.9. The molecule has 0 bridgehead atoms. The molecule has 4 heteroatoms. The lowest BCUT2D eigenvalue weighted by atomic mass is 10.1. The zero-order valence-electron chi connectivity index (χ0n) is 20.8. The molecule has 10 rings (SSSR count). The van der Waals surface area contributed by atoms with E-state index >= 15 is 0 Å². The summed E-state index contributed by atoms with van der Waals surface area (Å²) in [6.45, 7) is 0. The van der Waals surface area contributed by atoms with E-state index in [0.717, 1.165) is 22.5 Å². The van der Waals surface area contributed by atoms with Gasteiger partial charge in [-0.05, 0) is 59.3 Å². The van der Waals surface area contributed by atoms with E-state index in [1.807, 2.05) is 0 Å². The van der Waals surface area contributed by atoms with Crippen molar-refractivity contribution in [3.63, 3.8) is 0 Å². The molecule has 0 saturated heterocycles. The Morgan fingerprint density at radius 3 is 1.85 bits per heavy atom. The molecule has 0 spiro atoms. The van der Waals surface area contributed by atoms with Crippen LogP contribution in [0.25, 0.3) is 82.4 Å². The Morgan fingerprint density at radius 2 is 1.08 bits per heavy atom. The Labute approximate surface area is 221 Å². The largest absolute Gasteiger partial charge is 0.309 e. The van der Waals surface area contributed by atoms with Gasteiger partial charge < -0.3 is 4.57 Å². The molecule has 0 unspecified atom stereocenters. The first-order valence-electron chi connectivity index (χ1n) is 13.3. The molecule has 39 heavy (non-hydrogen) atoms. The van der Waals surface area contributed by atoms with Crippen molar-refractivity contribution in [2.75, 3.05) is 0 Å². The Bertz CT molecular complexity index is 2560. The van der Waals surface area contributed by atoms with E-state index < -0.39 is 0 Å². The third-order valence-corrected chi connectivity index (χ3v) is 8.52. The number of imidazole rings is 2. The molecule has 4 heterocycles. The van der Waals surface area contributed by atoms with Crippen LogP contribution in [-0.2, 0) is 0 Å². The quantitative estimate of drug-likeness (QED) is 0.223. The zero-order valence-corrected chi connectivity index (χ0v) is 20.8. The minimum Gasteiger partial charge on any atom is -0.309 e. The number of nitrogens with zero attached hydrogens (tertiary/aromatic N) is 4. The van der Waals surface area contributed by atoms with Gasteiger partial charge in [0.25, 0.3) is 0 Å². The first-order valence-corrected chi connectivity index (χ1v) is 13.3.